The van der Waals surface area contributed by atoms with Crippen LogP contribution in [0.2, 0.25) is 0 Å². The molecule has 0 saturated carbocycles. The number of hydrogen-bond acceptors (Lipinski definition) is 3. The summed E-state index contributed by atoms with van der Waals surface area (Å²) < 4.78 is 0. The first-order valence-corrected chi connectivity index (χ1v) is 18.7. The van der Waals surface area contributed by atoms with Crippen molar-refractivity contribution in [2.24, 2.45) is 0 Å². The maximum atomic E-state index is 4.97. The van der Waals surface area contributed by atoms with E-state index < -0.39 is 5.41 Å². The predicted molar refractivity (Wildman–Crippen MR) is 224 cm³/mol. The Labute approximate surface area is 321 Å². The number of aromatic nitrogens is 3. The van der Waals surface area contributed by atoms with Crippen molar-refractivity contribution in [2.45, 2.75) is 5.41 Å². The van der Waals surface area contributed by atoms with E-state index in [4.69, 9.17) is 15.0 Å². The van der Waals surface area contributed by atoms with Crippen LogP contribution in [0.1, 0.15) is 22.3 Å². The Hall–Kier alpha value is -7.23. The molecule has 3 heteroatoms. The highest BCUT2D eigenvalue weighted by Crippen LogP contribution is 2.58. The van der Waals surface area contributed by atoms with Crippen molar-refractivity contribution in [1.29, 1.82) is 0 Å². The van der Waals surface area contributed by atoms with E-state index in [2.05, 4.69) is 152 Å². The van der Waals surface area contributed by atoms with Gasteiger partial charge >= 0.3 is 0 Å². The number of hydrogen-bond donors (Lipinski definition) is 0. The standard InChI is InChI=1S/C52H35N3/c1-5-18-37(19-6-1)49-53-50(38-20-7-2-8-21-38)55-51(54-49)39-34-32-36(33-35-39)42-26-13-14-27-43(42)44-29-17-31-47-48(44)45-28-15-16-30-46(45)52(47,40-22-9-3-10-23-40)41-24-11-4-12-25-41/h1-35H. The Balaban J connectivity index is 1.11. The van der Waals surface area contributed by atoms with Gasteiger partial charge in [-0.2, -0.15) is 0 Å². The van der Waals surface area contributed by atoms with Gasteiger partial charge in [0.25, 0.3) is 0 Å². The molecular weight excluding hydrogens is 667 g/mol. The molecule has 1 aliphatic carbocycles. The molecule has 8 aromatic carbocycles. The van der Waals surface area contributed by atoms with Gasteiger partial charge in [0, 0.05) is 16.7 Å². The molecule has 1 aromatic heterocycles. The first-order chi connectivity index (χ1) is 27.3. The molecule has 55 heavy (non-hydrogen) atoms. The van der Waals surface area contributed by atoms with Crippen LogP contribution in [0.4, 0.5) is 0 Å². The minimum atomic E-state index is -0.456. The second kappa shape index (κ2) is 13.6. The predicted octanol–water partition coefficient (Wildman–Crippen LogP) is 12.6. The fourth-order valence-electron chi connectivity index (χ4n) is 8.42. The van der Waals surface area contributed by atoms with E-state index in [1.807, 2.05) is 60.7 Å². The average Bonchev–Trinajstić information content (AvgIpc) is 3.59. The number of benzene rings is 8. The summed E-state index contributed by atoms with van der Waals surface area (Å²) in [5, 5.41) is 0. The fraction of sp³-hybridized carbons (Fsp3) is 0.0192. The van der Waals surface area contributed by atoms with Gasteiger partial charge in [0.2, 0.25) is 0 Å². The van der Waals surface area contributed by atoms with E-state index >= 15 is 0 Å². The summed E-state index contributed by atoms with van der Waals surface area (Å²) in [5.74, 6) is 1.95. The van der Waals surface area contributed by atoms with Crippen molar-refractivity contribution in [3.63, 3.8) is 0 Å². The normalized spacial score (nSPS) is 12.5. The highest BCUT2D eigenvalue weighted by Gasteiger charge is 2.46. The molecule has 0 spiro atoms. The lowest BCUT2D eigenvalue weighted by Gasteiger charge is -2.34. The summed E-state index contributed by atoms with van der Waals surface area (Å²) in [6, 6.07) is 75.4. The van der Waals surface area contributed by atoms with Crippen molar-refractivity contribution in [1.82, 2.24) is 15.0 Å². The zero-order valence-corrected chi connectivity index (χ0v) is 30.0. The molecule has 0 N–H and O–H groups in total. The molecule has 0 amide bonds. The van der Waals surface area contributed by atoms with Crippen LogP contribution in [-0.2, 0) is 5.41 Å². The highest BCUT2D eigenvalue weighted by molar-refractivity contribution is 5.99. The van der Waals surface area contributed by atoms with Crippen LogP contribution < -0.4 is 0 Å². The summed E-state index contributed by atoms with van der Waals surface area (Å²) >= 11 is 0. The highest BCUT2D eigenvalue weighted by atomic mass is 15.0. The van der Waals surface area contributed by atoms with Crippen molar-refractivity contribution in [3.05, 3.63) is 235 Å². The molecule has 3 nitrogen and oxygen atoms in total. The summed E-state index contributed by atoms with van der Waals surface area (Å²) in [4.78, 5) is 14.8. The second-order valence-corrected chi connectivity index (χ2v) is 13.9. The fourth-order valence-corrected chi connectivity index (χ4v) is 8.42. The number of fused-ring (bicyclic) bond motifs is 3. The molecule has 0 saturated heterocycles. The molecule has 10 rings (SSSR count). The summed E-state index contributed by atoms with van der Waals surface area (Å²) in [5.41, 5.74) is 14.8. The summed E-state index contributed by atoms with van der Waals surface area (Å²) in [6.07, 6.45) is 0. The van der Waals surface area contributed by atoms with Crippen molar-refractivity contribution in [3.8, 4) is 67.5 Å². The molecule has 0 fully saturated rings. The lowest BCUT2D eigenvalue weighted by Crippen LogP contribution is -2.28. The minimum Gasteiger partial charge on any atom is -0.208 e. The molecule has 1 heterocycles. The Morgan fingerprint density at radius 2 is 0.636 bits per heavy atom. The van der Waals surface area contributed by atoms with Crippen LogP contribution in [-0.4, -0.2) is 15.0 Å². The largest absolute Gasteiger partial charge is 0.208 e. The van der Waals surface area contributed by atoms with Crippen LogP contribution in [0.3, 0.4) is 0 Å². The molecular formula is C52H35N3. The van der Waals surface area contributed by atoms with Gasteiger partial charge < -0.3 is 0 Å². The van der Waals surface area contributed by atoms with E-state index in [1.165, 1.54) is 50.1 Å². The first kappa shape index (κ1) is 32.4. The molecule has 1 aliphatic rings. The molecule has 0 atom stereocenters. The van der Waals surface area contributed by atoms with Gasteiger partial charge in [-0.05, 0) is 55.6 Å². The Kier molecular flexibility index (Phi) is 8.04. The molecule has 9 aromatic rings. The summed E-state index contributed by atoms with van der Waals surface area (Å²) in [7, 11) is 0. The lowest BCUT2D eigenvalue weighted by molar-refractivity contribution is 0.768. The van der Waals surface area contributed by atoms with Gasteiger partial charge in [0.1, 0.15) is 0 Å². The van der Waals surface area contributed by atoms with Crippen molar-refractivity contribution < 1.29 is 0 Å². The molecule has 0 radical (unpaired) electrons. The number of nitrogens with zero attached hydrogens (tertiary/aromatic N) is 3. The molecule has 258 valence electrons. The topological polar surface area (TPSA) is 38.7 Å². The zero-order valence-electron chi connectivity index (χ0n) is 30.0. The third-order valence-electron chi connectivity index (χ3n) is 10.9. The lowest BCUT2D eigenvalue weighted by atomic mass is 9.67. The van der Waals surface area contributed by atoms with E-state index in [1.54, 1.807) is 0 Å². The van der Waals surface area contributed by atoms with Gasteiger partial charge in [0.05, 0.1) is 5.41 Å². The van der Waals surface area contributed by atoms with E-state index in [9.17, 15) is 0 Å². The van der Waals surface area contributed by atoms with E-state index in [0.717, 1.165) is 22.3 Å². The van der Waals surface area contributed by atoms with Crippen LogP contribution in [0.5, 0.6) is 0 Å². The third-order valence-corrected chi connectivity index (χ3v) is 10.9. The third kappa shape index (κ3) is 5.48. The van der Waals surface area contributed by atoms with Gasteiger partial charge in [0.15, 0.2) is 17.5 Å². The first-order valence-electron chi connectivity index (χ1n) is 18.7. The van der Waals surface area contributed by atoms with Gasteiger partial charge in [-0.1, -0.05) is 212 Å². The van der Waals surface area contributed by atoms with Crippen molar-refractivity contribution in [2.75, 3.05) is 0 Å². The molecule has 0 unspecified atom stereocenters. The number of rotatable bonds is 7. The van der Waals surface area contributed by atoms with E-state index in [0.29, 0.717) is 17.5 Å². The SMILES string of the molecule is c1ccc(-c2nc(-c3ccccc3)nc(-c3ccc(-c4ccccc4-c4cccc5c4-c4ccccc4C5(c4ccccc4)c4ccccc4)cc3)n2)cc1. The van der Waals surface area contributed by atoms with Crippen LogP contribution in [0.25, 0.3) is 67.5 Å². The van der Waals surface area contributed by atoms with Gasteiger partial charge in [-0.25, -0.2) is 15.0 Å². The van der Waals surface area contributed by atoms with Crippen LogP contribution >= 0.6 is 0 Å². The van der Waals surface area contributed by atoms with Gasteiger partial charge in [-0.3, -0.25) is 0 Å². The van der Waals surface area contributed by atoms with Crippen molar-refractivity contribution >= 4 is 0 Å². The Morgan fingerprint density at radius 1 is 0.255 bits per heavy atom. The monoisotopic (exact) mass is 701 g/mol. The minimum absolute atomic E-state index is 0.456. The average molecular weight is 702 g/mol. The molecule has 0 bridgehead atoms. The van der Waals surface area contributed by atoms with Gasteiger partial charge in [-0.15, -0.1) is 0 Å². The molecule has 0 aliphatic heterocycles. The Morgan fingerprint density at radius 3 is 1.18 bits per heavy atom. The second-order valence-electron chi connectivity index (χ2n) is 13.9. The quantitative estimate of drug-likeness (QED) is 0.166. The maximum Gasteiger partial charge on any atom is 0.164 e. The smallest absolute Gasteiger partial charge is 0.164 e. The van der Waals surface area contributed by atoms with Crippen LogP contribution in [0, 0.1) is 0 Å². The van der Waals surface area contributed by atoms with Crippen LogP contribution in [0.15, 0.2) is 212 Å². The zero-order chi connectivity index (χ0) is 36.6. The summed E-state index contributed by atoms with van der Waals surface area (Å²) in [6.45, 7) is 0. The maximum absolute atomic E-state index is 4.97. The van der Waals surface area contributed by atoms with E-state index in [-0.39, 0.29) is 0 Å². The Bertz CT molecular complexity index is 2680.